The Hall–Kier alpha value is -1.62. The number of thiocarbonyl (C=S) groups is 1. The van der Waals surface area contributed by atoms with Crippen LogP contribution in [0.4, 0.5) is 10.5 Å². The number of aryl methyl sites for hydroxylation is 1. The number of hydrogen-bond donors (Lipinski definition) is 3. The number of benzene rings is 1. The molecular formula is C13H19N3OS. The zero-order valence-electron chi connectivity index (χ0n) is 10.9. The summed E-state index contributed by atoms with van der Waals surface area (Å²) in [6, 6.07) is 7.25. The van der Waals surface area contributed by atoms with Gasteiger partial charge in [0.25, 0.3) is 0 Å². The number of anilines is 1. The first kappa shape index (κ1) is 14.4. The molecule has 1 atom stereocenters. The van der Waals surface area contributed by atoms with E-state index < -0.39 is 5.54 Å². The molecule has 0 radical (unpaired) electrons. The molecule has 1 aromatic rings. The second-order valence-corrected chi connectivity index (χ2v) is 4.93. The van der Waals surface area contributed by atoms with Crippen LogP contribution in [-0.2, 0) is 0 Å². The van der Waals surface area contributed by atoms with Gasteiger partial charge in [-0.25, -0.2) is 4.79 Å². The van der Waals surface area contributed by atoms with Gasteiger partial charge in [0.1, 0.15) is 0 Å². The fourth-order valence-electron chi connectivity index (χ4n) is 1.37. The van der Waals surface area contributed by atoms with E-state index >= 15 is 0 Å². The van der Waals surface area contributed by atoms with Crippen LogP contribution in [0.3, 0.4) is 0 Å². The molecule has 0 saturated carbocycles. The first-order chi connectivity index (χ1) is 8.37. The van der Waals surface area contributed by atoms with Gasteiger partial charge in [0.2, 0.25) is 0 Å². The lowest BCUT2D eigenvalue weighted by molar-refractivity contribution is 0.245. The van der Waals surface area contributed by atoms with Crippen molar-refractivity contribution in [2.75, 3.05) is 5.32 Å². The van der Waals surface area contributed by atoms with Crippen LogP contribution in [0.15, 0.2) is 24.3 Å². The van der Waals surface area contributed by atoms with Gasteiger partial charge in [-0.1, -0.05) is 36.8 Å². The molecule has 18 heavy (non-hydrogen) atoms. The molecule has 4 nitrogen and oxygen atoms in total. The number of amides is 2. The van der Waals surface area contributed by atoms with Crippen molar-refractivity contribution >= 4 is 28.9 Å². The van der Waals surface area contributed by atoms with Gasteiger partial charge in [-0.15, -0.1) is 0 Å². The van der Waals surface area contributed by atoms with E-state index in [1.807, 2.05) is 45.0 Å². The van der Waals surface area contributed by atoms with Gasteiger partial charge >= 0.3 is 6.03 Å². The standard InChI is InChI=1S/C13H19N3OS/c1-4-13(3,11(14)18)16-12(17)15-10-7-5-9(2)6-8-10/h5-8H,4H2,1-3H3,(H2,14,18)(H2,15,16,17). The molecule has 0 bridgehead atoms. The van der Waals surface area contributed by atoms with Crippen molar-refractivity contribution in [3.63, 3.8) is 0 Å². The molecule has 0 aliphatic heterocycles. The summed E-state index contributed by atoms with van der Waals surface area (Å²) in [5.74, 6) is 0. The van der Waals surface area contributed by atoms with E-state index in [9.17, 15) is 4.79 Å². The summed E-state index contributed by atoms with van der Waals surface area (Å²) in [6.07, 6.45) is 0.643. The normalized spacial score (nSPS) is 13.5. The zero-order chi connectivity index (χ0) is 13.8. The Morgan fingerprint density at radius 2 is 1.94 bits per heavy atom. The maximum atomic E-state index is 11.8. The quantitative estimate of drug-likeness (QED) is 0.733. The highest BCUT2D eigenvalue weighted by Crippen LogP contribution is 2.12. The zero-order valence-corrected chi connectivity index (χ0v) is 11.7. The van der Waals surface area contributed by atoms with Crippen molar-refractivity contribution in [2.24, 2.45) is 5.73 Å². The highest BCUT2D eigenvalue weighted by atomic mass is 32.1. The average Bonchev–Trinajstić information content (AvgIpc) is 2.31. The molecule has 1 rings (SSSR count). The van der Waals surface area contributed by atoms with E-state index in [0.717, 1.165) is 11.3 Å². The Morgan fingerprint density at radius 3 is 2.39 bits per heavy atom. The number of nitrogens with one attached hydrogen (secondary N) is 2. The van der Waals surface area contributed by atoms with Crippen molar-refractivity contribution in [3.8, 4) is 0 Å². The minimum absolute atomic E-state index is 0.282. The Balaban J connectivity index is 2.66. The molecule has 98 valence electrons. The smallest absolute Gasteiger partial charge is 0.320 e. The van der Waals surface area contributed by atoms with Gasteiger partial charge < -0.3 is 16.4 Å². The second kappa shape index (κ2) is 5.82. The van der Waals surface area contributed by atoms with Crippen molar-refractivity contribution in [2.45, 2.75) is 32.7 Å². The van der Waals surface area contributed by atoms with E-state index in [2.05, 4.69) is 10.6 Å². The van der Waals surface area contributed by atoms with E-state index in [4.69, 9.17) is 18.0 Å². The van der Waals surface area contributed by atoms with Crippen LogP contribution in [0.2, 0.25) is 0 Å². The van der Waals surface area contributed by atoms with Crippen LogP contribution < -0.4 is 16.4 Å². The molecule has 2 amide bonds. The largest absolute Gasteiger partial charge is 0.391 e. The van der Waals surface area contributed by atoms with Crippen LogP contribution in [0, 0.1) is 6.92 Å². The maximum absolute atomic E-state index is 11.8. The first-order valence-corrected chi connectivity index (χ1v) is 6.24. The maximum Gasteiger partial charge on any atom is 0.320 e. The van der Waals surface area contributed by atoms with Crippen LogP contribution in [-0.4, -0.2) is 16.6 Å². The van der Waals surface area contributed by atoms with Gasteiger partial charge in [0.15, 0.2) is 0 Å². The number of rotatable bonds is 4. The second-order valence-electron chi connectivity index (χ2n) is 4.50. The Labute approximate surface area is 113 Å². The Kier molecular flexibility index (Phi) is 4.67. The van der Waals surface area contributed by atoms with Gasteiger partial charge in [0.05, 0.1) is 10.5 Å². The molecule has 0 aliphatic carbocycles. The van der Waals surface area contributed by atoms with Crippen LogP contribution in [0.25, 0.3) is 0 Å². The fraction of sp³-hybridized carbons (Fsp3) is 0.385. The molecule has 4 N–H and O–H groups in total. The fourth-order valence-corrected chi connectivity index (χ4v) is 1.57. The number of hydrogen-bond acceptors (Lipinski definition) is 2. The minimum atomic E-state index is -0.663. The lowest BCUT2D eigenvalue weighted by Gasteiger charge is -2.28. The summed E-state index contributed by atoms with van der Waals surface area (Å²) in [6.45, 7) is 5.72. The van der Waals surface area contributed by atoms with Crippen molar-refractivity contribution < 1.29 is 4.79 Å². The van der Waals surface area contributed by atoms with E-state index in [0.29, 0.717) is 6.42 Å². The minimum Gasteiger partial charge on any atom is -0.391 e. The molecule has 0 aromatic heterocycles. The first-order valence-electron chi connectivity index (χ1n) is 5.83. The molecule has 0 aliphatic rings. The summed E-state index contributed by atoms with van der Waals surface area (Å²) in [5.41, 5.74) is 6.85. The van der Waals surface area contributed by atoms with Crippen LogP contribution >= 0.6 is 12.2 Å². The predicted molar refractivity (Wildman–Crippen MR) is 78.8 cm³/mol. The molecule has 5 heteroatoms. The summed E-state index contributed by atoms with van der Waals surface area (Å²) < 4.78 is 0. The lowest BCUT2D eigenvalue weighted by atomic mass is 9.99. The molecule has 1 unspecified atom stereocenters. The molecule has 0 saturated heterocycles. The Morgan fingerprint density at radius 1 is 1.39 bits per heavy atom. The van der Waals surface area contributed by atoms with E-state index in [1.165, 1.54) is 0 Å². The number of carbonyl (C=O) groups excluding carboxylic acids is 1. The van der Waals surface area contributed by atoms with Crippen LogP contribution in [0.1, 0.15) is 25.8 Å². The molecule has 1 aromatic carbocycles. The topological polar surface area (TPSA) is 67.2 Å². The summed E-state index contributed by atoms with van der Waals surface area (Å²) in [7, 11) is 0. The average molecular weight is 265 g/mol. The predicted octanol–water partition coefficient (Wildman–Crippen LogP) is 2.57. The van der Waals surface area contributed by atoms with Gasteiger partial charge in [0, 0.05) is 5.69 Å². The number of urea groups is 1. The molecular weight excluding hydrogens is 246 g/mol. The van der Waals surface area contributed by atoms with Crippen LogP contribution in [0.5, 0.6) is 0 Å². The third-order valence-electron chi connectivity index (χ3n) is 2.95. The monoisotopic (exact) mass is 265 g/mol. The molecule has 0 heterocycles. The van der Waals surface area contributed by atoms with Gasteiger partial charge in [-0.05, 0) is 32.4 Å². The third-order valence-corrected chi connectivity index (χ3v) is 3.40. The van der Waals surface area contributed by atoms with Crippen molar-refractivity contribution in [1.82, 2.24) is 5.32 Å². The summed E-state index contributed by atoms with van der Waals surface area (Å²) >= 11 is 4.96. The summed E-state index contributed by atoms with van der Waals surface area (Å²) in [5, 5.41) is 5.54. The highest BCUT2D eigenvalue weighted by molar-refractivity contribution is 7.80. The molecule has 0 fully saturated rings. The van der Waals surface area contributed by atoms with Crippen molar-refractivity contribution in [3.05, 3.63) is 29.8 Å². The summed E-state index contributed by atoms with van der Waals surface area (Å²) in [4.78, 5) is 12.1. The third kappa shape index (κ3) is 3.70. The van der Waals surface area contributed by atoms with Crippen molar-refractivity contribution in [1.29, 1.82) is 0 Å². The van der Waals surface area contributed by atoms with Gasteiger partial charge in [-0.2, -0.15) is 0 Å². The number of carbonyl (C=O) groups is 1. The molecule has 0 spiro atoms. The highest BCUT2D eigenvalue weighted by Gasteiger charge is 2.27. The van der Waals surface area contributed by atoms with Gasteiger partial charge in [-0.3, -0.25) is 0 Å². The number of nitrogens with two attached hydrogens (primary N) is 1. The Bertz CT molecular complexity index is 444. The SMILES string of the molecule is CCC(C)(NC(=O)Nc1ccc(C)cc1)C(N)=S. The van der Waals surface area contributed by atoms with E-state index in [-0.39, 0.29) is 11.0 Å². The lowest BCUT2D eigenvalue weighted by Crippen LogP contribution is -2.55. The van der Waals surface area contributed by atoms with E-state index in [1.54, 1.807) is 0 Å².